The van der Waals surface area contributed by atoms with E-state index >= 15 is 0 Å². The van der Waals surface area contributed by atoms with Crippen LogP contribution in [0.3, 0.4) is 0 Å². The molecular formula is C17H34N2O13. The summed E-state index contributed by atoms with van der Waals surface area (Å²) in [5, 5.41) is 83.6. The number of aliphatic carboxylic acids is 1. The standard InChI is InChI=1S/C12H22O11.C5H12N2O2/c13-1-4(15)7(17)8(18)5(16)3-22-12-11(21)10(20)9(19)6(2-14)23-12;6-3-1-2-4(7)5(8)9/h1,4-12,14-21H,2-3H2;4H,1-3,6-7H2,(H,8,9)/t4-,5+,6+,7+,8+,9+,10-,11+,12-;/m0./s1. The minimum Gasteiger partial charge on any atom is -0.480 e. The molecule has 1 heterocycles. The van der Waals surface area contributed by atoms with Crippen molar-refractivity contribution in [2.24, 2.45) is 11.5 Å². The van der Waals surface area contributed by atoms with Gasteiger partial charge in [-0.1, -0.05) is 0 Å². The SMILES string of the molecule is NCCCC(N)C(=O)O.O=C[C@H](O)[C@@H](O)[C@H](O)[C@H](O)CO[C@H]1O[C@H](CO)[C@@H](O)[C@H](O)[C@H]1O. The molecule has 1 aliphatic heterocycles. The van der Waals surface area contributed by atoms with Gasteiger partial charge in [0.1, 0.15) is 54.9 Å². The Bertz CT molecular complexity index is 541. The van der Waals surface area contributed by atoms with E-state index in [1.165, 1.54) is 0 Å². The number of hydrogen-bond donors (Lipinski definition) is 11. The highest BCUT2D eigenvalue weighted by molar-refractivity contribution is 5.72. The molecule has 0 saturated carbocycles. The molecule has 0 aromatic rings. The Labute approximate surface area is 183 Å². The number of carboxylic acid groups (broad SMARTS) is 1. The van der Waals surface area contributed by atoms with E-state index in [0.29, 0.717) is 19.4 Å². The number of aliphatic hydroxyl groups is 8. The number of aldehydes is 1. The Morgan fingerprint density at radius 2 is 1.66 bits per heavy atom. The number of carboxylic acids is 1. The van der Waals surface area contributed by atoms with E-state index in [9.17, 15) is 40.2 Å². The van der Waals surface area contributed by atoms with Crippen LogP contribution in [0.4, 0.5) is 0 Å². The highest BCUT2D eigenvalue weighted by Crippen LogP contribution is 2.22. The minimum absolute atomic E-state index is 0.0287. The molecule has 15 nitrogen and oxygen atoms in total. The van der Waals surface area contributed by atoms with Crippen molar-refractivity contribution in [2.75, 3.05) is 19.8 Å². The largest absolute Gasteiger partial charge is 0.480 e. The van der Waals surface area contributed by atoms with Gasteiger partial charge in [-0.2, -0.15) is 0 Å². The molecule has 0 amide bonds. The third kappa shape index (κ3) is 9.65. The summed E-state index contributed by atoms with van der Waals surface area (Å²) in [7, 11) is 0. The van der Waals surface area contributed by atoms with Crippen LogP contribution >= 0.6 is 0 Å². The molecule has 32 heavy (non-hydrogen) atoms. The Kier molecular flexibility index (Phi) is 14.8. The van der Waals surface area contributed by atoms with Crippen LogP contribution in [0.1, 0.15) is 12.8 Å². The van der Waals surface area contributed by atoms with Crippen molar-refractivity contribution in [3.63, 3.8) is 0 Å². The molecule has 190 valence electrons. The molecule has 0 radical (unpaired) electrons. The molecule has 0 spiro atoms. The molecule has 1 aliphatic rings. The smallest absolute Gasteiger partial charge is 0.320 e. The Hall–Kier alpha value is -1.34. The Morgan fingerprint density at radius 3 is 2.12 bits per heavy atom. The number of hydrogen-bond acceptors (Lipinski definition) is 14. The van der Waals surface area contributed by atoms with E-state index in [1.54, 1.807) is 0 Å². The molecule has 0 aromatic heterocycles. The maximum Gasteiger partial charge on any atom is 0.320 e. The fourth-order valence-electron chi connectivity index (χ4n) is 2.47. The van der Waals surface area contributed by atoms with Crippen molar-refractivity contribution in [3.05, 3.63) is 0 Å². The Morgan fingerprint density at radius 1 is 1.06 bits per heavy atom. The summed E-state index contributed by atoms with van der Waals surface area (Å²) in [6, 6.07) is -0.742. The van der Waals surface area contributed by atoms with Gasteiger partial charge in [0.05, 0.1) is 13.2 Å². The molecule has 1 rings (SSSR count). The average Bonchev–Trinajstić information content (AvgIpc) is 2.78. The highest BCUT2D eigenvalue weighted by atomic mass is 16.7. The van der Waals surface area contributed by atoms with Crippen molar-refractivity contribution in [2.45, 2.75) is 74.0 Å². The van der Waals surface area contributed by atoms with Gasteiger partial charge in [0.15, 0.2) is 12.6 Å². The monoisotopic (exact) mass is 474 g/mol. The van der Waals surface area contributed by atoms with Crippen LogP contribution in [0.25, 0.3) is 0 Å². The predicted molar refractivity (Wildman–Crippen MR) is 104 cm³/mol. The van der Waals surface area contributed by atoms with Crippen molar-refractivity contribution >= 4 is 12.3 Å². The van der Waals surface area contributed by atoms with E-state index in [-0.39, 0.29) is 6.29 Å². The van der Waals surface area contributed by atoms with Crippen LogP contribution in [0, 0.1) is 0 Å². The van der Waals surface area contributed by atoms with Gasteiger partial charge in [-0.25, -0.2) is 0 Å². The van der Waals surface area contributed by atoms with Gasteiger partial charge < -0.3 is 71.7 Å². The molecule has 10 atom stereocenters. The topological polar surface area (TPSA) is 287 Å². The summed E-state index contributed by atoms with van der Waals surface area (Å²) in [5.41, 5.74) is 10.3. The second-order valence-electron chi connectivity index (χ2n) is 7.08. The molecular weight excluding hydrogens is 440 g/mol. The molecule has 0 aromatic carbocycles. The van der Waals surface area contributed by atoms with E-state index in [0.717, 1.165) is 0 Å². The minimum atomic E-state index is -1.96. The van der Waals surface area contributed by atoms with Crippen LogP contribution in [0.15, 0.2) is 0 Å². The number of ether oxygens (including phenoxy) is 2. The fraction of sp³-hybridized carbons (Fsp3) is 0.882. The van der Waals surface area contributed by atoms with E-state index in [2.05, 4.69) is 0 Å². The van der Waals surface area contributed by atoms with Crippen molar-refractivity contribution in [3.8, 4) is 0 Å². The second kappa shape index (κ2) is 15.5. The predicted octanol–water partition coefficient (Wildman–Crippen LogP) is -6.42. The van der Waals surface area contributed by atoms with Gasteiger partial charge in [-0.05, 0) is 19.4 Å². The van der Waals surface area contributed by atoms with Crippen molar-refractivity contribution in [1.82, 2.24) is 0 Å². The van der Waals surface area contributed by atoms with Gasteiger partial charge in [-0.3, -0.25) is 4.79 Å². The first kappa shape index (κ1) is 30.7. The zero-order chi connectivity index (χ0) is 25.0. The third-order valence-corrected chi connectivity index (χ3v) is 4.55. The van der Waals surface area contributed by atoms with Gasteiger partial charge >= 0.3 is 5.97 Å². The molecule has 1 saturated heterocycles. The summed E-state index contributed by atoms with van der Waals surface area (Å²) in [6.45, 7) is -0.867. The molecule has 0 bridgehead atoms. The van der Waals surface area contributed by atoms with Crippen LogP contribution in [-0.4, -0.2) is 139 Å². The maximum absolute atomic E-state index is 10.3. The highest BCUT2D eigenvalue weighted by Gasteiger charge is 2.44. The number of nitrogens with two attached hydrogens (primary N) is 2. The quantitative estimate of drug-likeness (QED) is 0.117. The average molecular weight is 474 g/mol. The zero-order valence-corrected chi connectivity index (χ0v) is 17.2. The lowest BCUT2D eigenvalue weighted by Gasteiger charge is -2.40. The summed E-state index contributed by atoms with van der Waals surface area (Å²) >= 11 is 0. The second-order valence-corrected chi connectivity index (χ2v) is 7.08. The van der Waals surface area contributed by atoms with E-state index in [1.807, 2.05) is 0 Å². The first-order chi connectivity index (χ1) is 14.9. The molecule has 15 heteroatoms. The van der Waals surface area contributed by atoms with Gasteiger partial charge in [0.25, 0.3) is 0 Å². The van der Waals surface area contributed by atoms with Crippen molar-refractivity contribution < 1.29 is 65.0 Å². The van der Waals surface area contributed by atoms with Gasteiger partial charge in [0.2, 0.25) is 0 Å². The summed E-state index contributed by atoms with van der Waals surface area (Å²) < 4.78 is 9.94. The fourth-order valence-corrected chi connectivity index (χ4v) is 2.47. The van der Waals surface area contributed by atoms with E-state index < -0.39 is 80.3 Å². The molecule has 1 unspecified atom stereocenters. The Balaban J connectivity index is 0.000000900. The van der Waals surface area contributed by atoms with Crippen LogP contribution in [-0.2, 0) is 19.1 Å². The maximum atomic E-state index is 10.3. The first-order valence-corrected chi connectivity index (χ1v) is 9.70. The lowest BCUT2D eigenvalue weighted by molar-refractivity contribution is -0.306. The molecule has 1 fully saturated rings. The van der Waals surface area contributed by atoms with Gasteiger partial charge in [-0.15, -0.1) is 0 Å². The number of carbonyl (C=O) groups excluding carboxylic acids is 1. The summed E-state index contributed by atoms with van der Waals surface area (Å²) in [6.07, 6.45) is -14.1. The van der Waals surface area contributed by atoms with Crippen LogP contribution in [0.2, 0.25) is 0 Å². The zero-order valence-electron chi connectivity index (χ0n) is 17.2. The van der Waals surface area contributed by atoms with Crippen LogP contribution < -0.4 is 11.5 Å². The molecule has 13 N–H and O–H groups in total. The lowest BCUT2D eigenvalue weighted by Crippen LogP contribution is -2.59. The van der Waals surface area contributed by atoms with Crippen LogP contribution in [0.5, 0.6) is 0 Å². The number of rotatable bonds is 12. The normalized spacial score (nSPS) is 30.2. The van der Waals surface area contributed by atoms with Gasteiger partial charge in [0, 0.05) is 0 Å². The number of carbonyl (C=O) groups is 2. The van der Waals surface area contributed by atoms with Crippen molar-refractivity contribution in [1.29, 1.82) is 0 Å². The summed E-state index contributed by atoms with van der Waals surface area (Å²) in [4.78, 5) is 20.3. The number of aliphatic hydroxyl groups excluding tert-OH is 8. The summed E-state index contributed by atoms with van der Waals surface area (Å²) in [5.74, 6) is -0.955. The van der Waals surface area contributed by atoms with E-state index in [4.69, 9.17) is 36.3 Å². The lowest BCUT2D eigenvalue weighted by atomic mass is 9.99. The molecule has 0 aliphatic carbocycles. The first-order valence-electron chi connectivity index (χ1n) is 9.70. The third-order valence-electron chi connectivity index (χ3n) is 4.55.